The van der Waals surface area contributed by atoms with Gasteiger partial charge in [-0.05, 0) is 38.5 Å². The molecular weight excluding hydrogens is 204 g/mol. The predicted octanol–water partition coefficient (Wildman–Crippen LogP) is 1.63. The van der Waals surface area contributed by atoms with Crippen LogP contribution in [0.5, 0.6) is 0 Å². The first kappa shape index (κ1) is 10.1. The average molecular weight is 222 g/mol. The van der Waals surface area contributed by atoms with Crippen molar-refractivity contribution in [2.24, 2.45) is 5.73 Å². The number of nitrogens with two attached hydrogens (primary N) is 1. The monoisotopic (exact) mass is 222 g/mol. The van der Waals surface area contributed by atoms with Gasteiger partial charge in [0.2, 0.25) is 0 Å². The third-order valence-corrected chi connectivity index (χ3v) is 3.48. The molecule has 3 N–H and O–H groups in total. The molecule has 2 fully saturated rings. The predicted molar refractivity (Wildman–Crippen MR) is 60.1 cm³/mol. The second kappa shape index (κ2) is 4.05. The zero-order valence-electron chi connectivity index (χ0n) is 9.35. The Morgan fingerprint density at radius 2 is 1.88 bits per heavy atom. The van der Waals surface area contributed by atoms with E-state index in [2.05, 4.69) is 15.5 Å². The second-order valence-electron chi connectivity index (χ2n) is 4.99. The molecule has 0 saturated heterocycles. The molecule has 2 aliphatic rings. The van der Waals surface area contributed by atoms with E-state index in [1.165, 1.54) is 12.8 Å². The lowest BCUT2D eigenvalue weighted by Gasteiger charge is -2.25. The molecule has 88 valence electrons. The summed E-state index contributed by atoms with van der Waals surface area (Å²) in [5.41, 5.74) is 5.86. The van der Waals surface area contributed by atoms with E-state index < -0.39 is 0 Å². The summed E-state index contributed by atoms with van der Waals surface area (Å²) in [6, 6.07) is 1.41. The van der Waals surface area contributed by atoms with E-state index in [9.17, 15) is 0 Å². The van der Waals surface area contributed by atoms with Crippen molar-refractivity contribution in [2.75, 3.05) is 5.32 Å². The fourth-order valence-electron chi connectivity index (χ4n) is 2.24. The highest BCUT2D eigenvalue weighted by Crippen LogP contribution is 2.38. The number of aromatic nitrogens is 2. The van der Waals surface area contributed by atoms with E-state index in [-0.39, 0.29) is 0 Å². The fraction of sp³-hybridized carbons (Fsp3) is 0.818. The Kier molecular flexibility index (Phi) is 2.55. The van der Waals surface area contributed by atoms with Crippen molar-refractivity contribution in [1.82, 2.24) is 10.1 Å². The summed E-state index contributed by atoms with van der Waals surface area (Å²) in [6.45, 7) is 0. The van der Waals surface area contributed by atoms with Crippen molar-refractivity contribution >= 4 is 6.01 Å². The molecule has 5 nitrogen and oxygen atoms in total. The first-order valence-corrected chi connectivity index (χ1v) is 6.17. The molecule has 5 heteroatoms. The van der Waals surface area contributed by atoms with Crippen molar-refractivity contribution < 1.29 is 4.52 Å². The molecule has 0 radical (unpaired) electrons. The highest BCUT2D eigenvalue weighted by atomic mass is 16.5. The van der Waals surface area contributed by atoms with E-state index in [1.54, 1.807) is 0 Å². The van der Waals surface area contributed by atoms with Gasteiger partial charge in [0.1, 0.15) is 0 Å². The maximum atomic E-state index is 5.86. The summed E-state index contributed by atoms with van der Waals surface area (Å²) in [6.07, 6.45) is 6.78. The molecular formula is C11H18N4O. The highest BCUT2D eigenvalue weighted by molar-refractivity contribution is 5.22. The number of nitrogens with zero attached hydrogens (tertiary/aromatic N) is 2. The van der Waals surface area contributed by atoms with Crippen LogP contribution in [-0.2, 0) is 0 Å². The summed E-state index contributed by atoms with van der Waals surface area (Å²) < 4.78 is 5.19. The van der Waals surface area contributed by atoms with Gasteiger partial charge in [-0.2, -0.15) is 4.98 Å². The quantitative estimate of drug-likeness (QED) is 0.812. The molecule has 2 aliphatic carbocycles. The van der Waals surface area contributed by atoms with E-state index in [4.69, 9.17) is 10.3 Å². The average Bonchev–Trinajstić information content (AvgIpc) is 3.04. The maximum absolute atomic E-state index is 5.86. The smallest absolute Gasteiger partial charge is 0.321 e. The van der Waals surface area contributed by atoms with Crippen LogP contribution in [0.1, 0.15) is 50.3 Å². The normalized spacial score (nSPS) is 30.3. The third-order valence-electron chi connectivity index (χ3n) is 3.48. The molecule has 2 saturated carbocycles. The van der Waals surface area contributed by atoms with Crippen LogP contribution in [0.3, 0.4) is 0 Å². The Balaban J connectivity index is 1.56. The van der Waals surface area contributed by atoms with Gasteiger partial charge in [0.25, 0.3) is 0 Å². The number of hydrogen-bond acceptors (Lipinski definition) is 5. The lowest BCUT2D eigenvalue weighted by Crippen LogP contribution is -2.32. The molecule has 0 spiro atoms. The molecule has 0 bridgehead atoms. The maximum Gasteiger partial charge on any atom is 0.321 e. The van der Waals surface area contributed by atoms with Crippen LogP contribution in [-0.4, -0.2) is 22.2 Å². The summed E-state index contributed by atoms with van der Waals surface area (Å²) in [4.78, 5) is 4.37. The number of anilines is 1. The van der Waals surface area contributed by atoms with Crippen LogP contribution in [0, 0.1) is 0 Å². The first-order chi connectivity index (χ1) is 7.81. The van der Waals surface area contributed by atoms with Gasteiger partial charge in [-0.25, -0.2) is 0 Å². The summed E-state index contributed by atoms with van der Waals surface area (Å²) in [5, 5.41) is 7.29. The molecule has 1 heterocycles. The molecule has 1 aromatic heterocycles. The van der Waals surface area contributed by atoms with Gasteiger partial charge in [0, 0.05) is 18.0 Å². The lowest BCUT2D eigenvalue weighted by atomic mass is 9.92. The van der Waals surface area contributed by atoms with E-state index in [0.717, 1.165) is 31.5 Å². The largest absolute Gasteiger partial charge is 0.335 e. The van der Waals surface area contributed by atoms with Gasteiger partial charge < -0.3 is 15.6 Å². The lowest BCUT2D eigenvalue weighted by molar-refractivity contribution is 0.384. The minimum atomic E-state index is 0.378. The SMILES string of the molecule is NC1CCC(Nc2nc(C3CC3)no2)CC1. The van der Waals surface area contributed by atoms with Crippen molar-refractivity contribution in [3.63, 3.8) is 0 Å². The van der Waals surface area contributed by atoms with Crippen LogP contribution >= 0.6 is 0 Å². The van der Waals surface area contributed by atoms with E-state index in [1.807, 2.05) is 0 Å². The zero-order valence-corrected chi connectivity index (χ0v) is 9.35. The molecule has 16 heavy (non-hydrogen) atoms. The summed E-state index contributed by atoms with van der Waals surface area (Å²) in [7, 11) is 0. The minimum absolute atomic E-state index is 0.378. The van der Waals surface area contributed by atoms with Crippen molar-refractivity contribution in [3.05, 3.63) is 5.82 Å². The van der Waals surface area contributed by atoms with Crippen molar-refractivity contribution in [1.29, 1.82) is 0 Å². The number of nitrogens with one attached hydrogen (secondary N) is 1. The van der Waals surface area contributed by atoms with Crippen LogP contribution in [0.4, 0.5) is 6.01 Å². The Hall–Kier alpha value is -1.10. The molecule has 0 aliphatic heterocycles. The molecule has 3 rings (SSSR count). The molecule has 0 amide bonds. The Bertz CT molecular complexity index is 353. The van der Waals surface area contributed by atoms with Gasteiger partial charge in [-0.1, -0.05) is 5.16 Å². The molecule has 0 atom stereocenters. The third kappa shape index (κ3) is 2.19. The zero-order chi connectivity index (χ0) is 11.0. The second-order valence-corrected chi connectivity index (χ2v) is 4.99. The van der Waals surface area contributed by atoms with E-state index in [0.29, 0.717) is 24.0 Å². The Morgan fingerprint density at radius 1 is 1.12 bits per heavy atom. The molecule has 1 aromatic rings. The van der Waals surface area contributed by atoms with Crippen molar-refractivity contribution in [3.8, 4) is 0 Å². The van der Waals surface area contributed by atoms with Crippen LogP contribution in [0.15, 0.2) is 4.52 Å². The topological polar surface area (TPSA) is 77.0 Å². The van der Waals surface area contributed by atoms with E-state index >= 15 is 0 Å². The molecule has 0 aromatic carbocycles. The minimum Gasteiger partial charge on any atom is -0.335 e. The van der Waals surface area contributed by atoms with Crippen molar-refractivity contribution in [2.45, 2.75) is 56.5 Å². The van der Waals surface area contributed by atoms with Crippen LogP contribution in [0.2, 0.25) is 0 Å². The van der Waals surface area contributed by atoms with Crippen LogP contribution < -0.4 is 11.1 Å². The summed E-state index contributed by atoms with van der Waals surface area (Å²) in [5.74, 6) is 1.43. The Morgan fingerprint density at radius 3 is 2.56 bits per heavy atom. The number of hydrogen-bond donors (Lipinski definition) is 2. The number of rotatable bonds is 3. The first-order valence-electron chi connectivity index (χ1n) is 6.17. The van der Waals surface area contributed by atoms with Gasteiger partial charge in [0.05, 0.1) is 0 Å². The standard InChI is InChI=1S/C11H18N4O/c12-8-3-5-9(6-4-8)13-11-14-10(15-16-11)7-1-2-7/h7-9H,1-6,12H2,(H,13,14,15). The summed E-state index contributed by atoms with van der Waals surface area (Å²) >= 11 is 0. The molecule has 0 unspecified atom stereocenters. The Labute approximate surface area is 94.8 Å². The van der Waals surface area contributed by atoms with Gasteiger partial charge in [-0.3, -0.25) is 0 Å². The van der Waals surface area contributed by atoms with Gasteiger partial charge in [-0.15, -0.1) is 0 Å². The van der Waals surface area contributed by atoms with Gasteiger partial charge >= 0.3 is 6.01 Å². The van der Waals surface area contributed by atoms with Gasteiger partial charge in [0.15, 0.2) is 5.82 Å². The van der Waals surface area contributed by atoms with Crippen LogP contribution in [0.25, 0.3) is 0 Å². The highest BCUT2D eigenvalue weighted by Gasteiger charge is 2.29. The fourth-order valence-corrected chi connectivity index (χ4v) is 2.24.